The average molecular weight is 262 g/mol. The van der Waals surface area contributed by atoms with E-state index in [1.807, 2.05) is 11.8 Å². The van der Waals surface area contributed by atoms with Gasteiger partial charge in [0.25, 0.3) is 0 Å². The molecule has 1 aromatic carbocycles. The molecule has 0 saturated carbocycles. The Bertz CT molecular complexity index is 333. The highest BCUT2D eigenvalue weighted by Gasteiger charge is 2.07. The summed E-state index contributed by atoms with van der Waals surface area (Å²) in [4.78, 5) is 0. The first-order valence-electron chi connectivity index (χ1n) is 5.33. The Morgan fingerprint density at radius 3 is 2.88 bits per heavy atom. The first kappa shape index (κ1) is 13.8. The Labute approximate surface area is 106 Å². The van der Waals surface area contributed by atoms with Crippen molar-refractivity contribution in [1.29, 1.82) is 0 Å². The van der Waals surface area contributed by atoms with E-state index >= 15 is 0 Å². The van der Waals surface area contributed by atoms with Crippen LogP contribution in [0.5, 0.6) is 0 Å². The Morgan fingerprint density at radius 1 is 1.50 bits per heavy atom. The van der Waals surface area contributed by atoms with Crippen molar-refractivity contribution in [2.45, 2.75) is 25.9 Å². The highest BCUT2D eigenvalue weighted by molar-refractivity contribution is 7.98. The fourth-order valence-corrected chi connectivity index (χ4v) is 2.40. The van der Waals surface area contributed by atoms with Crippen molar-refractivity contribution in [2.75, 3.05) is 12.0 Å². The standard InChI is InChI=1S/C12H17ClFNS/c1-3-11(8-16-2)15-7-9-6-10(14)4-5-12(9)13/h4-6,11,15H,3,7-8H2,1-2H3. The molecule has 90 valence electrons. The van der Waals surface area contributed by atoms with E-state index in [0.29, 0.717) is 17.6 Å². The molecular weight excluding hydrogens is 245 g/mol. The van der Waals surface area contributed by atoms with Gasteiger partial charge in [0, 0.05) is 23.4 Å². The van der Waals surface area contributed by atoms with Crippen LogP contribution >= 0.6 is 23.4 Å². The van der Waals surface area contributed by atoms with Gasteiger partial charge in [-0.3, -0.25) is 0 Å². The lowest BCUT2D eigenvalue weighted by molar-refractivity contribution is 0.539. The van der Waals surface area contributed by atoms with Gasteiger partial charge in [0.1, 0.15) is 5.82 Å². The maximum Gasteiger partial charge on any atom is 0.123 e. The number of halogens is 2. The molecule has 4 heteroatoms. The Morgan fingerprint density at radius 2 is 2.25 bits per heavy atom. The maximum absolute atomic E-state index is 13.0. The van der Waals surface area contributed by atoms with Gasteiger partial charge in [-0.05, 0) is 36.4 Å². The number of benzene rings is 1. The summed E-state index contributed by atoms with van der Waals surface area (Å²) in [5.74, 6) is 0.822. The van der Waals surface area contributed by atoms with Crippen molar-refractivity contribution in [3.05, 3.63) is 34.6 Å². The predicted octanol–water partition coefficient (Wildman–Crippen LogP) is 3.71. The van der Waals surface area contributed by atoms with Crippen LogP contribution in [0.4, 0.5) is 4.39 Å². The molecule has 0 fully saturated rings. The second-order valence-electron chi connectivity index (χ2n) is 3.68. The SMILES string of the molecule is CCC(CSC)NCc1cc(F)ccc1Cl. The van der Waals surface area contributed by atoms with Crippen LogP contribution in [0, 0.1) is 5.82 Å². The van der Waals surface area contributed by atoms with Gasteiger partial charge in [-0.1, -0.05) is 18.5 Å². The molecule has 0 aliphatic carbocycles. The fourth-order valence-electron chi connectivity index (χ4n) is 1.46. The fraction of sp³-hybridized carbons (Fsp3) is 0.500. The summed E-state index contributed by atoms with van der Waals surface area (Å²) in [7, 11) is 0. The number of rotatable bonds is 6. The molecule has 0 radical (unpaired) electrons. The summed E-state index contributed by atoms with van der Waals surface area (Å²) in [6.07, 6.45) is 3.15. The van der Waals surface area contributed by atoms with Crippen LogP contribution in [0.2, 0.25) is 5.02 Å². The molecule has 0 aliphatic rings. The molecule has 1 unspecified atom stereocenters. The lowest BCUT2D eigenvalue weighted by atomic mass is 10.2. The van der Waals surface area contributed by atoms with Crippen molar-refractivity contribution in [3.63, 3.8) is 0 Å². The lowest BCUT2D eigenvalue weighted by Gasteiger charge is -2.16. The summed E-state index contributed by atoms with van der Waals surface area (Å²) in [6, 6.07) is 4.92. The van der Waals surface area contributed by atoms with E-state index in [9.17, 15) is 4.39 Å². The smallest absolute Gasteiger partial charge is 0.123 e. The van der Waals surface area contributed by atoms with Gasteiger partial charge >= 0.3 is 0 Å². The Hall–Kier alpha value is -0.250. The van der Waals surface area contributed by atoms with Crippen LogP contribution in [-0.4, -0.2) is 18.1 Å². The Balaban J connectivity index is 2.55. The normalized spacial score (nSPS) is 12.8. The number of hydrogen-bond donors (Lipinski definition) is 1. The quantitative estimate of drug-likeness (QED) is 0.838. The minimum absolute atomic E-state index is 0.237. The van der Waals surface area contributed by atoms with E-state index in [4.69, 9.17) is 11.6 Å². The number of thioether (sulfide) groups is 1. The summed E-state index contributed by atoms with van der Waals surface area (Å²) in [5, 5.41) is 4.00. The summed E-state index contributed by atoms with van der Waals surface area (Å²) in [6.45, 7) is 2.76. The van der Waals surface area contributed by atoms with Crippen LogP contribution in [0.1, 0.15) is 18.9 Å². The third kappa shape index (κ3) is 4.32. The zero-order valence-electron chi connectivity index (χ0n) is 9.59. The van der Waals surface area contributed by atoms with Gasteiger partial charge in [0.15, 0.2) is 0 Å². The molecule has 0 aliphatic heterocycles. The first-order valence-corrected chi connectivity index (χ1v) is 7.10. The van der Waals surface area contributed by atoms with Crippen molar-refractivity contribution >= 4 is 23.4 Å². The second-order valence-corrected chi connectivity index (χ2v) is 5.00. The molecule has 1 aromatic rings. The monoisotopic (exact) mass is 261 g/mol. The van der Waals surface area contributed by atoms with E-state index in [-0.39, 0.29) is 5.82 Å². The van der Waals surface area contributed by atoms with E-state index in [1.165, 1.54) is 12.1 Å². The van der Waals surface area contributed by atoms with E-state index in [2.05, 4.69) is 18.5 Å². The van der Waals surface area contributed by atoms with Crippen molar-refractivity contribution in [3.8, 4) is 0 Å². The highest BCUT2D eigenvalue weighted by Crippen LogP contribution is 2.17. The van der Waals surface area contributed by atoms with Crippen LogP contribution < -0.4 is 5.32 Å². The molecule has 0 saturated heterocycles. The summed E-state index contributed by atoms with van der Waals surface area (Å²) < 4.78 is 13.0. The molecule has 0 heterocycles. The molecule has 1 N–H and O–H groups in total. The summed E-state index contributed by atoms with van der Waals surface area (Å²) >= 11 is 7.80. The molecule has 0 amide bonds. The number of hydrogen-bond acceptors (Lipinski definition) is 2. The van der Waals surface area contributed by atoms with Crippen LogP contribution in [-0.2, 0) is 6.54 Å². The number of nitrogens with one attached hydrogen (secondary N) is 1. The second kappa shape index (κ2) is 7.15. The van der Waals surface area contributed by atoms with E-state index in [1.54, 1.807) is 6.07 Å². The molecule has 1 nitrogen and oxygen atoms in total. The topological polar surface area (TPSA) is 12.0 Å². The largest absolute Gasteiger partial charge is 0.309 e. The van der Waals surface area contributed by atoms with Gasteiger partial charge in [0.2, 0.25) is 0 Å². The zero-order valence-corrected chi connectivity index (χ0v) is 11.2. The van der Waals surface area contributed by atoms with Crippen LogP contribution in [0.15, 0.2) is 18.2 Å². The maximum atomic E-state index is 13.0. The third-order valence-electron chi connectivity index (χ3n) is 2.45. The third-order valence-corrected chi connectivity index (χ3v) is 3.55. The molecule has 1 rings (SSSR count). The van der Waals surface area contributed by atoms with Gasteiger partial charge in [-0.2, -0.15) is 11.8 Å². The molecule has 0 spiro atoms. The minimum Gasteiger partial charge on any atom is -0.309 e. The average Bonchev–Trinajstić information content (AvgIpc) is 2.28. The van der Waals surface area contributed by atoms with Gasteiger partial charge in [0.05, 0.1) is 0 Å². The molecule has 0 aromatic heterocycles. The van der Waals surface area contributed by atoms with E-state index in [0.717, 1.165) is 17.7 Å². The van der Waals surface area contributed by atoms with Gasteiger partial charge in [-0.15, -0.1) is 0 Å². The highest BCUT2D eigenvalue weighted by atomic mass is 35.5. The molecular formula is C12H17ClFNS. The molecule has 1 atom stereocenters. The van der Waals surface area contributed by atoms with Crippen LogP contribution in [0.3, 0.4) is 0 Å². The van der Waals surface area contributed by atoms with Crippen molar-refractivity contribution < 1.29 is 4.39 Å². The Kier molecular flexibility index (Phi) is 6.17. The zero-order chi connectivity index (χ0) is 12.0. The molecule has 16 heavy (non-hydrogen) atoms. The van der Waals surface area contributed by atoms with Gasteiger partial charge < -0.3 is 5.32 Å². The van der Waals surface area contributed by atoms with E-state index < -0.39 is 0 Å². The lowest BCUT2D eigenvalue weighted by Crippen LogP contribution is -2.30. The van der Waals surface area contributed by atoms with Crippen molar-refractivity contribution in [2.24, 2.45) is 0 Å². The van der Waals surface area contributed by atoms with Crippen molar-refractivity contribution in [1.82, 2.24) is 5.32 Å². The first-order chi connectivity index (χ1) is 7.67. The predicted molar refractivity (Wildman–Crippen MR) is 70.7 cm³/mol. The molecule has 0 bridgehead atoms. The van der Waals surface area contributed by atoms with Gasteiger partial charge in [-0.25, -0.2) is 4.39 Å². The van der Waals surface area contributed by atoms with Crippen LogP contribution in [0.25, 0.3) is 0 Å². The minimum atomic E-state index is -0.237. The summed E-state index contributed by atoms with van der Waals surface area (Å²) in [5.41, 5.74) is 0.821.